The Morgan fingerprint density at radius 3 is 2.53 bits per heavy atom. The van der Waals surface area contributed by atoms with Gasteiger partial charge in [-0.3, -0.25) is 4.79 Å². The molecular weight excluding hydrogens is 254 g/mol. The van der Waals surface area contributed by atoms with Gasteiger partial charge in [-0.2, -0.15) is 0 Å². The Kier molecular flexibility index (Phi) is 4.21. The third kappa shape index (κ3) is 4.13. The molecule has 0 bridgehead atoms. The van der Waals surface area contributed by atoms with E-state index in [-0.39, 0.29) is 5.41 Å². The van der Waals surface area contributed by atoms with Gasteiger partial charge in [-0.05, 0) is 17.8 Å². The molecule has 0 aromatic heterocycles. The van der Waals surface area contributed by atoms with Crippen LogP contribution < -0.4 is 0 Å². The lowest BCUT2D eigenvalue weighted by Crippen LogP contribution is -2.44. The van der Waals surface area contributed by atoms with Crippen molar-refractivity contribution in [3.63, 3.8) is 0 Å². The Hall–Kier alpha value is -0.0500. The summed E-state index contributed by atoms with van der Waals surface area (Å²) in [7, 11) is 0. The minimum absolute atomic E-state index is 0.0992. The highest BCUT2D eigenvalue weighted by Crippen LogP contribution is 2.26. The molecule has 1 aliphatic rings. The topological polar surface area (TPSA) is 20.3 Å². The SMILES string of the molecule is CC1CCN(C(=O)CC(C)(C)C)CC1Br. The van der Waals surface area contributed by atoms with E-state index in [2.05, 4.69) is 43.6 Å². The zero-order valence-corrected chi connectivity index (χ0v) is 11.8. The maximum Gasteiger partial charge on any atom is 0.223 e. The molecule has 88 valence electrons. The first kappa shape index (κ1) is 13.0. The van der Waals surface area contributed by atoms with Crippen molar-refractivity contribution in [3.05, 3.63) is 0 Å². The van der Waals surface area contributed by atoms with Gasteiger partial charge in [0.1, 0.15) is 0 Å². The largest absolute Gasteiger partial charge is 0.342 e. The zero-order valence-electron chi connectivity index (χ0n) is 10.2. The minimum atomic E-state index is 0.0992. The predicted molar refractivity (Wildman–Crippen MR) is 67.1 cm³/mol. The average Bonchev–Trinajstić information content (AvgIpc) is 2.06. The molecular formula is C12H22BrNO. The van der Waals surface area contributed by atoms with Gasteiger partial charge in [0.25, 0.3) is 0 Å². The molecule has 1 amide bonds. The van der Waals surface area contributed by atoms with Crippen molar-refractivity contribution in [1.29, 1.82) is 0 Å². The molecule has 1 fully saturated rings. The molecule has 0 saturated carbocycles. The van der Waals surface area contributed by atoms with Crippen molar-refractivity contribution in [2.45, 2.75) is 45.4 Å². The van der Waals surface area contributed by atoms with Crippen molar-refractivity contribution >= 4 is 21.8 Å². The smallest absolute Gasteiger partial charge is 0.223 e. The number of likely N-dealkylation sites (tertiary alicyclic amines) is 1. The summed E-state index contributed by atoms with van der Waals surface area (Å²) < 4.78 is 0. The average molecular weight is 276 g/mol. The van der Waals surface area contributed by atoms with E-state index in [0.29, 0.717) is 23.1 Å². The van der Waals surface area contributed by atoms with Crippen molar-refractivity contribution in [3.8, 4) is 0 Å². The van der Waals surface area contributed by atoms with Crippen LogP contribution in [-0.4, -0.2) is 28.7 Å². The molecule has 1 rings (SSSR count). The molecule has 0 aliphatic carbocycles. The van der Waals surface area contributed by atoms with E-state index in [9.17, 15) is 4.79 Å². The fourth-order valence-electron chi connectivity index (χ4n) is 1.81. The summed E-state index contributed by atoms with van der Waals surface area (Å²) in [5.74, 6) is 0.988. The molecule has 0 spiro atoms. The summed E-state index contributed by atoms with van der Waals surface area (Å²) >= 11 is 3.65. The number of nitrogens with zero attached hydrogens (tertiary/aromatic N) is 1. The lowest BCUT2D eigenvalue weighted by molar-refractivity contribution is -0.134. The second kappa shape index (κ2) is 4.86. The molecule has 2 unspecified atom stereocenters. The molecule has 0 aromatic carbocycles. The molecule has 2 nitrogen and oxygen atoms in total. The van der Waals surface area contributed by atoms with Crippen molar-refractivity contribution < 1.29 is 4.79 Å². The standard InChI is InChI=1S/C12H22BrNO/c1-9-5-6-14(8-10(9)13)11(15)7-12(2,3)4/h9-10H,5-8H2,1-4H3. The number of amides is 1. The lowest BCUT2D eigenvalue weighted by atomic mass is 9.90. The number of hydrogen-bond donors (Lipinski definition) is 0. The van der Waals surface area contributed by atoms with E-state index in [1.807, 2.05) is 4.90 Å². The van der Waals surface area contributed by atoms with E-state index >= 15 is 0 Å². The quantitative estimate of drug-likeness (QED) is 0.674. The number of carbonyl (C=O) groups is 1. The summed E-state index contributed by atoms with van der Waals surface area (Å²) in [6.07, 6.45) is 1.77. The van der Waals surface area contributed by atoms with E-state index in [4.69, 9.17) is 0 Å². The van der Waals surface area contributed by atoms with Crippen molar-refractivity contribution in [1.82, 2.24) is 4.90 Å². The zero-order chi connectivity index (χ0) is 11.6. The highest BCUT2D eigenvalue weighted by atomic mass is 79.9. The molecule has 15 heavy (non-hydrogen) atoms. The van der Waals surface area contributed by atoms with Crippen LogP contribution in [0.25, 0.3) is 0 Å². The van der Waals surface area contributed by atoms with Gasteiger partial charge < -0.3 is 4.90 Å². The highest BCUT2D eigenvalue weighted by Gasteiger charge is 2.28. The first-order valence-electron chi connectivity index (χ1n) is 5.71. The van der Waals surface area contributed by atoms with Crippen LogP contribution in [0.3, 0.4) is 0 Å². The number of hydrogen-bond acceptors (Lipinski definition) is 1. The first-order chi connectivity index (χ1) is 6.79. The van der Waals surface area contributed by atoms with Crippen LogP contribution in [-0.2, 0) is 4.79 Å². The molecule has 1 aliphatic heterocycles. The van der Waals surface area contributed by atoms with Crippen LogP contribution in [0.2, 0.25) is 0 Å². The van der Waals surface area contributed by atoms with E-state index in [0.717, 1.165) is 19.5 Å². The third-order valence-corrected chi connectivity index (χ3v) is 4.09. The van der Waals surface area contributed by atoms with E-state index in [1.54, 1.807) is 0 Å². The van der Waals surface area contributed by atoms with Crippen LogP contribution >= 0.6 is 15.9 Å². The van der Waals surface area contributed by atoms with Crippen LogP contribution in [0.4, 0.5) is 0 Å². The minimum Gasteiger partial charge on any atom is -0.342 e. The van der Waals surface area contributed by atoms with Gasteiger partial charge in [-0.15, -0.1) is 0 Å². The van der Waals surface area contributed by atoms with Gasteiger partial charge >= 0.3 is 0 Å². The fraction of sp³-hybridized carbons (Fsp3) is 0.917. The van der Waals surface area contributed by atoms with Gasteiger partial charge in [-0.25, -0.2) is 0 Å². The Labute approximate surface area is 102 Å². The second-order valence-corrected chi connectivity index (χ2v) is 7.04. The maximum atomic E-state index is 12.0. The van der Waals surface area contributed by atoms with E-state index < -0.39 is 0 Å². The maximum absolute atomic E-state index is 12.0. The molecule has 3 heteroatoms. The Morgan fingerprint density at radius 2 is 2.07 bits per heavy atom. The Balaban J connectivity index is 2.48. The van der Waals surface area contributed by atoms with Gasteiger partial charge in [0.2, 0.25) is 5.91 Å². The van der Waals surface area contributed by atoms with Crippen LogP contribution in [0, 0.1) is 11.3 Å². The third-order valence-electron chi connectivity index (χ3n) is 2.90. The monoisotopic (exact) mass is 275 g/mol. The van der Waals surface area contributed by atoms with Gasteiger partial charge in [-0.1, -0.05) is 43.6 Å². The number of carbonyl (C=O) groups excluding carboxylic acids is 1. The Morgan fingerprint density at radius 1 is 1.47 bits per heavy atom. The van der Waals surface area contributed by atoms with Crippen LogP contribution in [0.15, 0.2) is 0 Å². The number of alkyl halides is 1. The molecule has 0 aromatic rings. The number of rotatable bonds is 1. The summed E-state index contributed by atoms with van der Waals surface area (Å²) in [6, 6.07) is 0. The van der Waals surface area contributed by atoms with Gasteiger partial charge in [0.05, 0.1) is 0 Å². The molecule has 1 saturated heterocycles. The summed E-state index contributed by atoms with van der Waals surface area (Å²) in [4.78, 5) is 14.4. The molecule has 2 atom stereocenters. The first-order valence-corrected chi connectivity index (χ1v) is 6.63. The van der Waals surface area contributed by atoms with Crippen molar-refractivity contribution in [2.75, 3.05) is 13.1 Å². The highest BCUT2D eigenvalue weighted by molar-refractivity contribution is 9.09. The van der Waals surface area contributed by atoms with Crippen LogP contribution in [0.1, 0.15) is 40.5 Å². The normalized spacial score (nSPS) is 27.9. The number of halogens is 1. The lowest BCUT2D eigenvalue weighted by Gasteiger charge is -2.35. The summed E-state index contributed by atoms with van der Waals surface area (Å²) in [6.45, 7) is 10.4. The molecule has 1 heterocycles. The molecule has 0 N–H and O–H groups in total. The predicted octanol–water partition coefficient (Wildman–Crippen LogP) is 3.05. The van der Waals surface area contributed by atoms with Crippen molar-refractivity contribution in [2.24, 2.45) is 11.3 Å². The van der Waals surface area contributed by atoms with E-state index in [1.165, 1.54) is 0 Å². The second-order valence-electron chi connectivity index (χ2n) is 5.86. The fourth-order valence-corrected chi connectivity index (χ4v) is 2.43. The summed E-state index contributed by atoms with van der Waals surface area (Å²) in [5.41, 5.74) is 0.0992. The molecule has 0 radical (unpaired) electrons. The Bertz CT molecular complexity index is 234. The van der Waals surface area contributed by atoms with Gasteiger partial charge in [0, 0.05) is 24.3 Å². The number of piperidine rings is 1. The summed E-state index contributed by atoms with van der Waals surface area (Å²) in [5, 5.41) is 0. The van der Waals surface area contributed by atoms with Gasteiger partial charge in [0.15, 0.2) is 0 Å². The van der Waals surface area contributed by atoms with Crippen LogP contribution in [0.5, 0.6) is 0 Å².